The van der Waals surface area contributed by atoms with E-state index in [-0.39, 0.29) is 5.95 Å². The van der Waals surface area contributed by atoms with Crippen molar-refractivity contribution >= 4 is 5.94 Å². The van der Waals surface area contributed by atoms with Crippen molar-refractivity contribution in [1.82, 2.24) is 0 Å². The molecule has 0 unspecified atom stereocenters. The molecule has 0 spiro atoms. The summed E-state index contributed by atoms with van der Waals surface area (Å²) in [6, 6.07) is 0. The third-order valence-electron chi connectivity index (χ3n) is 1.08. The normalized spacial score (nSPS) is 25.9. The van der Waals surface area contributed by atoms with E-state index in [1.54, 1.807) is 5.94 Å². The molecular weight excluding hydrogens is 120 g/mol. The minimum atomic E-state index is -0.00639. The first kappa shape index (κ1) is 6.17. The average molecular weight is 128 g/mol. The van der Waals surface area contributed by atoms with Gasteiger partial charge in [-0.1, -0.05) is 6.92 Å². The molecule has 0 saturated carbocycles. The summed E-state index contributed by atoms with van der Waals surface area (Å²) < 4.78 is 9.62. The van der Waals surface area contributed by atoms with Gasteiger partial charge in [0.25, 0.3) is 0 Å². The lowest BCUT2D eigenvalue weighted by atomic mass is 10.2. The maximum atomic E-state index is 9.85. The molecule has 3 heteroatoms. The van der Waals surface area contributed by atoms with Gasteiger partial charge in [-0.05, 0) is 0 Å². The number of hydrogen-bond donors (Lipinski definition) is 0. The molecule has 1 aliphatic heterocycles. The van der Waals surface area contributed by atoms with Crippen LogP contribution in [0.4, 0.5) is 0 Å². The van der Waals surface area contributed by atoms with E-state index in [1.807, 2.05) is 6.92 Å². The van der Waals surface area contributed by atoms with E-state index in [9.17, 15) is 4.79 Å². The van der Waals surface area contributed by atoms with Gasteiger partial charge in [0.15, 0.2) is 0 Å². The Hall–Kier alpha value is -0.950. The second kappa shape index (κ2) is 2.55. The van der Waals surface area contributed by atoms with Crippen LogP contribution in [0.15, 0.2) is 5.95 Å². The van der Waals surface area contributed by atoms with Gasteiger partial charge >= 0.3 is 5.95 Å². The van der Waals surface area contributed by atoms with Gasteiger partial charge in [0.1, 0.15) is 0 Å². The van der Waals surface area contributed by atoms with Crippen molar-refractivity contribution < 1.29 is 14.3 Å². The first-order chi connectivity index (χ1) is 4.33. The van der Waals surface area contributed by atoms with E-state index < -0.39 is 0 Å². The average Bonchev–Trinajstić information content (AvgIpc) is 1.90. The first-order valence-electron chi connectivity index (χ1n) is 2.83. The monoisotopic (exact) mass is 128 g/mol. The molecule has 0 aliphatic carbocycles. The van der Waals surface area contributed by atoms with E-state index in [4.69, 9.17) is 9.47 Å². The maximum Gasteiger partial charge on any atom is 0.369 e. The van der Waals surface area contributed by atoms with Crippen LogP contribution in [0.3, 0.4) is 0 Å². The van der Waals surface area contributed by atoms with Crippen LogP contribution in [0.25, 0.3) is 0 Å². The van der Waals surface area contributed by atoms with Gasteiger partial charge < -0.3 is 9.47 Å². The molecule has 9 heavy (non-hydrogen) atoms. The summed E-state index contributed by atoms with van der Waals surface area (Å²) in [5.74, 6) is 1.92. The van der Waals surface area contributed by atoms with Gasteiger partial charge in [-0.15, -0.1) is 0 Å². The molecule has 1 rings (SSSR count). The van der Waals surface area contributed by atoms with Crippen LogP contribution in [0.2, 0.25) is 0 Å². The summed E-state index contributed by atoms with van der Waals surface area (Å²) in [5.41, 5.74) is 0. The fourth-order valence-electron chi connectivity index (χ4n) is 0.585. The third kappa shape index (κ3) is 1.47. The van der Waals surface area contributed by atoms with Crippen LogP contribution in [0.1, 0.15) is 6.92 Å². The standard InChI is InChI=1S/C6H8O3/c1-5-3-8-6(2-7)9-4-5/h5H,3-4H2,1H3. The van der Waals surface area contributed by atoms with Crippen molar-refractivity contribution in [3.8, 4) is 0 Å². The van der Waals surface area contributed by atoms with E-state index in [0.717, 1.165) is 0 Å². The van der Waals surface area contributed by atoms with Crippen molar-refractivity contribution in [1.29, 1.82) is 0 Å². The Bertz CT molecular complexity index is 136. The van der Waals surface area contributed by atoms with Crippen LogP contribution in [-0.4, -0.2) is 19.2 Å². The predicted molar refractivity (Wildman–Crippen MR) is 30.3 cm³/mol. The molecule has 0 aromatic rings. The van der Waals surface area contributed by atoms with Crippen LogP contribution >= 0.6 is 0 Å². The van der Waals surface area contributed by atoms with E-state index in [1.165, 1.54) is 0 Å². The van der Waals surface area contributed by atoms with Crippen molar-refractivity contribution in [2.45, 2.75) is 6.92 Å². The first-order valence-corrected chi connectivity index (χ1v) is 2.83. The number of hydrogen-bond acceptors (Lipinski definition) is 3. The van der Waals surface area contributed by atoms with Gasteiger partial charge in [-0.2, -0.15) is 0 Å². The van der Waals surface area contributed by atoms with E-state index >= 15 is 0 Å². The molecule has 1 heterocycles. The Balaban J connectivity index is 2.44. The van der Waals surface area contributed by atoms with E-state index in [2.05, 4.69) is 0 Å². The Morgan fingerprint density at radius 2 is 2.11 bits per heavy atom. The highest BCUT2D eigenvalue weighted by Gasteiger charge is 2.13. The predicted octanol–water partition coefficient (Wildman–Crippen LogP) is 0.342. The second-order valence-electron chi connectivity index (χ2n) is 2.12. The van der Waals surface area contributed by atoms with Crippen molar-refractivity contribution in [3.05, 3.63) is 5.95 Å². The Morgan fingerprint density at radius 3 is 2.56 bits per heavy atom. The summed E-state index contributed by atoms with van der Waals surface area (Å²) in [7, 11) is 0. The van der Waals surface area contributed by atoms with E-state index in [0.29, 0.717) is 19.1 Å². The van der Waals surface area contributed by atoms with Crippen LogP contribution in [0.5, 0.6) is 0 Å². The Labute approximate surface area is 53.3 Å². The van der Waals surface area contributed by atoms with Gasteiger partial charge in [0, 0.05) is 5.92 Å². The highest BCUT2D eigenvalue weighted by Crippen LogP contribution is 2.09. The molecule has 0 atom stereocenters. The molecule has 3 nitrogen and oxygen atoms in total. The topological polar surface area (TPSA) is 35.5 Å². The quantitative estimate of drug-likeness (QED) is 0.441. The van der Waals surface area contributed by atoms with Crippen LogP contribution in [-0.2, 0) is 14.3 Å². The maximum absolute atomic E-state index is 9.85. The van der Waals surface area contributed by atoms with Crippen LogP contribution < -0.4 is 0 Å². The molecule has 0 radical (unpaired) electrons. The third-order valence-corrected chi connectivity index (χ3v) is 1.08. The highest BCUT2D eigenvalue weighted by atomic mass is 16.7. The largest absolute Gasteiger partial charge is 0.457 e. The van der Waals surface area contributed by atoms with Gasteiger partial charge in [0.2, 0.25) is 5.94 Å². The highest BCUT2D eigenvalue weighted by molar-refractivity contribution is 5.46. The van der Waals surface area contributed by atoms with Crippen LogP contribution in [0, 0.1) is 5.92 Å². The molecular formula is C6H8O3. The summed E-state index contributed by atoms with van der Waals surface area (Å²) in [6.07, 6.45) is 0. The minimum absolute atomic E-state index is 0.00639. The molecule has 1 saturated heterocycles. The lowest BCUT2D eigenvalue weighted by Gasteiger charge is -2.19. The van der Waals surface area contributed by atoms with Crippen molar-refractivity contribution in [2.24, 2.45) is 5.92 Å². The molecule has 0 bridgehead atoms. The molecule has 0 aromatic heterocycles. The SMILES string of the molecule is CC1COC(=C=O)OC1. The zero-order valence-corrected chi connectivity index (χ0v) is 5.22. The fraction of sp³-hybridized carbons (Fsp3) is 0.667. The smallest absolute Gasteiger partial charge is 0.369 e. The van der Waals surface area contributed by atoms with Gasteiger partial charge in [-0.3, -0.25) is 0 Å². The van der Waals surface area contributed by atoms with Gasteiger partial charge in [0.05, 0.1) is 13.2 Å². The summed E-state index contributed by atoms with van der Waals surface area (Å²) in [5, 5.41) is 0. The lowest BCUT2D eigenvalue weighted by molar-refractivity contribution is -0.0407. The summed E-state index contributed by atoms with van der Waals surface area (Å²) in [4.78, 5) is 9.85. The number of carbonyl (C=O) groups excluding carboxylic acids is 1. The molecule has 1 aliphatic rings. The fourth-order valence-corrected chi connectivity index (χ4v) is 0.585. The summed E-state index contributed by atoms with van der Waals surface area (Å²) >= 11 is 0. The Morgan fingerprint density at radius 1 is 1.56 bits per heavy atom. The molecule has 0 amide bonds. The second-order valence-corrected chi connectivity index (χ2v) is 2.12. The zero-order valence-electron chi connectivity index (χ0n) is 5.22. The summed E-state index contributed by atoms with van der Waals surface area (Å²) in [6.45, 7) is 3.11. The lowest BCUT2D eigenvalue weighted by Crippen LogP contribution is -2.20. The Kier molecular flexibility index (Phi) is 1.75. The zero-order chi connectivity index (χ0) is 6.69. The number of ether oxygens (including phenoxy) is 2. The minimum Gasteiger partial charge on any atom is -0.457 e. The molecule has 1 fully saturated rings. The van der Waals surface area contributed by atoms with Gasteiger partial charge in [-0.25, -0.2) is 4.79 Å². The molecule has 0 aromatic carbocycles. The van der Waals surface area contributed by atoms with Crippen molar-refractivity contribution in [2.75, 3.05) is 13.2 Å². The number of rotatable bonds is 0. The molecule has 0 N–H and O–H groups in total. The van der Waals surface area contributed by atoms with Crippen molar-refractivity contribution in [3.63, 3.8) is 0 Å². The molecule has 50 valence electrons.